The highest BCUT2D eigenvalue weighted by Gasteiger charge is 2.17. The Bertz CT molecular complexity index is 430. The van der Waals surface area contributed by atoms with Gasteiger partial charge in [-0.25, -0.2) is 0 Å². The molecule has 1 N–H and O–H groups in total. The molecule has 1 unspecified atom stereocenters. The molecule has 6 heteroatoms. The second-order valence-corrected chi connectivity index (χ2v) is 7.99. The number of aryl methyl sites for hydroxylation is 1. The lowest BCUT2D eigenvalue weighted by molar-refractivity contribution is 0.0945. The fraction of sp³-hybridized carbons (Fsp3) is 0.615. The number of aromatic nitrogens is 1. The van der Waals surface area contributed by atoms with Gasteiger partial charge in [0.25, 0.3) is 5.91 Å². The first kappa shape index (κ1) is 15.3. The molecule has 1 atom stereocenters. The number of rotatable bonds is 5. The van der Waals surface area contributed by atoms with Crippen LogP contribution in [0.2, 0.25) is 0 Å². The summed E-state index contributed by atoms with van der Waals surface area (Å²) in [5.74, 6) is 3.62. The SMILES string of the molecule is CCCn1cc(Br)cc1C(=O)NCC1CSCCS1. The van der Waals surface area contributed by atoms with Crippen LogP contribution in [0.5, 0.6) is 0 Å². The summed E-state index contributed by atoms with van der Waals surface area (Å²) in [6, 6.07) is 1.90. The van der Waals surface area contributed by atoms with Gasteiger partial charge in [0.2, 0.25) is 0 Å². The zero-order chi connectivity index (χ0) is 13.7. The summed E-state index contributed by atoms with van der Waals surface area (Å²) < 4.78 is 2.98. The van der Waals surface area contributed by atoms with Gasteiger partial charge in [0.15, 0.2) is 0 Å². The summed E-state index contributed by atoms with van der Waals surface area (Å²) in [4.78, 5) is 12.2. The topological polar surface area (TPSA) is 34.0 Å². The van der Waals surface area contributed by atoms with E-state index < -0.39 is 0 Å². The van der Waals surface area contributed by atoms with Crippen molar-refractivity contribution in [2.75, 3.05) is 23.8 Å². The van der Waals surface area contributed by atoms with Crippen LogP contribution in [0, 0.1) is 0 Å². The number of carbonyl (C=O) groups excluding carboxylic acids is 1. The zero-order valence-electron chi connectivity index (χ0n) is 11.0. The number of nitrogens with zero attached hydrogens (tertiary/aromatic N) is 1. The van der Waals surface area contributed by atoms with E-state index in [0.717, 1.165) is 35.4 Å². The van der Waals surface area contributed by atoms with E-state index in [1.807, 2.05) is 40.4 Å². The summed E-state index contributed by atoms with van der Waals surface area (Å²) in [7, 11) is 0. The van der Waals surface area contributed by atoms with Gasteiger partial charge in [-0.15, -0.1) is 0 Å². The lowest BCUT2D eigenvalue weighted by atomic mass is 10.3. The fourth-order valence-corrected chi connectivity index (χ4v) is 5.12. The van der Waals surface area contributed by atoms with E-state index in [-0.39, 0.29) is 5.91 Å². The van der Waals surface area contributed by atoms with Crippen LogP contribution in [-0.4, -0.2) is 39.5 Å². The Morgan fingerprint density at radius 1 is 1.58 bits per heavy atom. The lowest BCUT2D eigenvalue weighted by Gasteiger charge is -2.21. The molecule has 0 saturated carbocycles. The van der Waals surface area contributed by atoms with Crippen molar-refractivity contribution in [3.63, 3.8) is 0 Å². The fourth-order valence-electron chi connectivity index (χ4n) is 2.04. The Balaban J connectivity index is 1.91. The molecule has 1 aromatic heterocycles. The number of nitrogens with one attached hydrogen (secondary N) is 1. The highest BCUT2D eigenvalue weighted by molar-refractivity contribution is 9.10. The molecule has 106 valence electrons. The van der Waals surface area contributed by atoms with E-state index >= 15 is 0 Å². The monoisotopic (exact) mass is 362 g/mol. The third-order valence-corrected chi connectivity index (χ3v) is 6.21. The zero-order valence-corrected chi connectivity index (χ0v) is 14.2. The van der Waals surface area contributed by atoms with Crippen molar-refractivity contribution < 1.29 is 4.79 Å². The Kier molecular flexibility index (Phi) is 6.16. The van der Waals surface area contributed by atoms with Crippen LogP contribution in [0.15, 0.2) is 16.7 Å². The first-order valence-corrected chi connectivity index (χ1v) is 9.53. The van der Waals surface area contributed by atoms with Gasteiger partial charge in [-0.2, -0.15) is 23.5 Å². The molecule has 2 rings (SSSR count). The van der Waals surface area contributed by atoms with Gasteiger partial charge < -0.3 is 9.88 Å². The van der Waals surface area contributed by atoms with E-state index in [0.29, 0.717) is 5.25 Å². The van der Waals surface area contributed by atoms with Crippen LogP contribution >= 0.6 is 39.5 Å². The summed E-state index contributed by atoms with van der Waals surface area (Å²) >= 11 is 7.39. The minimum atomic E-state index is 0.0373. The number of hydrogen-bond donors (Lipinski definition) is 1. The number of carbonyl (C=O) groups is 1. The normalized spacial score (nSPS) is 19.4. The number of thioether (sulfide) groups is 2. The van der Waals surface area contributed by atoms with Crippen LogP contribution < -0.4 is 5.32 Å². The Morgan fingerprint density at radius 2 is 2.42 bits per heavy atom. The molecular weight excluding hydrogens is 344 g/mol. The van der Waals surface area contributed by atoms with Crippen molar-refractivity contribution in [1.82, 2.24) is 9.88 Å². The predicted molar refractivity (Wildman–Crippen MR) is 88.3 cm³/mol. The maximum Gasteiger partial charge on any atom is 0.267 e. The molecule has 1 aliphatic heterocycles. The average Bonchev–Trinajstić information content (AvgIpc) is 2.79. The van der Waals surface area contributed by atoms with Gasteiger partial charge in [0, 0.05) is 46.3 Å². The average molecular weight is 363 g/mol. The molecular formula is C13H19BrN2OS2. The van der Waals surface area contributed by atoms with E-state index in [4.69, 9.17) is 0 Å². The summed E-state index contributed by atoms with van der Waals surface area (Å²) in [6.45, 7) is 3.76. The lowest BCUT2D eigenvalue weighted by Crippen LogP contribution is -2.34. The molecule has 0 spiro atoms. The van der Waals surface area contributed by atoms with Crippen LogP contribution in [0.1, 0.15) is 23.8 Å². The second-order valence-electron chi connectivity index (χ2n) is 4.51. The Labute approximate surface area is 131 Å². The van der Waals surface area contributed by atoms with E-state index in [1.54, 1.807) is 0 Å². The maximum atomic E-state index is 12.2. The summed E-state index contributed by atoms with van der Waals surface area (Å²) in [6.07, 6.45) is 3.00. The summed E-state index contributed by atoms with van der Waals surface area (Å²) in [5, 5.41) is 3.62. The Hall–Kier alpha value is -0.0700. The van der Waals surface area contributed by atoms with Crippen molar-refractivity contribution in [1.29, 1.82) is 0 Å². The van der Waals surface area contributed by atoms with Gasteiger partial charge in [-0.1, -0.05) is 6.92 Å². The molecule has 0 aliphatic carbocycles. The van der Waals surface area contributed by atoms with Gasteiger partial charge in [-0.3, -0.25) is 4.79 Å². The molecule has 19 heavy (non-hydrogen) atoms. The van der Waals surface area contributed by atoms with Gasteiger partial charge in [-0.05, 0) is 28.4 Å². The molecule has 1 fully saturated rings. The quantitative estimate of drug-likeness (QED) is 0.872. The molecule has 1 saturated heterocycles. The minimum Gasteiger partial charge on any atom is -0.350 e. The highest BCUT2D eigenvalue weighted by Crippen LogP contribution is 2.23. The molecule has 3 nitrogen and oxygen atoms in total. The third-order valence-electron chi connectivity index (χ3n) is 2.94. The smallest absolute Gasteiger partial charge is 0.267 e. The van der Waals surface area contributed by atoms with Crippen molar-refractivity contribution in [2.24, 2.45) is 0 Å². The number of amides is 1. The molecule has 0 aromatic carbocycles. The molecule has 0 bridgehead atoms. The van der Waals surface area contributed by atoms with Gasteiger partial charge in [0.1, 0.15) is 5.69 Å². The molecule has 1 aromatic rings. The third kappa shape index (κ3) is 4.46. The molecule has 0 radical (unpaired) electrons. The van der Waals surface area contributed by atoms with Crippen LogP contribution in [-0.2, 0) is 6.54 Å². The molecule has 1 aliphatic rings. The van der Waals surface area contributed by atoms with E-state index in [9.17, 15) is 4.79 Å². The van der Waals surface area contributed by atoms with Crippen molar-refractivity contribution >= 4 is 45.4 Å². The number of hydrogen-bond acceptors (Lipinski definition) is 3. The van der Waals surface area contributed by atoms with Crippen molar-refractivity contribution in [2.45, 2.75) is 25.1 Å². The first-order chi connectivity index (χ1) is 9.20. The van der Waals surface area contributed by atoms with E-state index in [1.165, 1.54) is 11.5 Å². The van der Waals surface area contributed by atoms with Crippen LogP contribution in [0.3, 0.4) is 0 Å². The maximum absolute atomic E-state index is 12.2. The van der Waals surface area contributed by atoms with Crippen LogP contribution in [0.25, 0.3) is 0 Å². The highest BCUT2D eigenvalue weighted by atomic mass is 79.9. The molecule has 2 heterocycles. The molecule has 1 amide bonds. The number of halogens is 1. The largest absolute Gasteiger partial charge is 0.350 e. The van der Waals surface area contributed by atoms with Crippen LogP contribution in [0.4, 0.5) is 0 Å². The first-order valence-electron chi connectivity index (χ1n) is 6.54. The van der Waals surface area contributed by atoms with Crippen molar-refractivity contribution in [3.8, 4) is 0 Å². The Morgan fingerprint density at radius 3 is 3.11 bits per heavy atom. The minimum absolute atomic E-state index is 0.0373. The standard InChI is InChI=1S/C13H19BrN2OS2/c1-2-3-16-8-10(14)6-12(16)13(17)15-7-11-9-18-4-5-19-11/h6,8,11H,2-5,7,9H2,1H3,(H,15,17). The second kappa shape index (κ2) is 7.64. The summed E-state index contributed by atoms with van der Waals surface area (Å²) in [5.41, 5.74) is 0.752. The van der Waals surface area contributed by atoms with Gasteiger partial charge in [0.05, 0.1) is 0 Å². The predicted octanol–water partition coefficient (Wildman–Crippen LogP) is 3.24. The van der Waals surface area contributed by atoms with Crippen molar-refractivity contribution in [3.05, 3.63) is 22.4 Å². The van der Waals surface area contributed by atoms with Gasteiger partial charge >= 0.3 is 0 Å². The van der Waals surface area contributed by atoms with E-state index in [2.05, 4.69) is 28.2 Å².